The number of nitrogens with one attached hydrogen (secondary N) is 1. The Balaban J connectivity index is 1.67. The molecular formula is C27H34FN5O. The van der Waals surface area contributed by atoms with Crippen LogP contribution in [-0.2, 0) is 17.9 Å². The van der Waals surface area contributed by atoms with Crippen molar-refractivity contribution in [2.75, 3.05) is 26.0 Å². The molecule has 1 aliphatic heterocycles. The molecular weight excluding hydrogens is 429 g/mol. The predicted molar refractivity (Wildman–Crippen MR) is 134 cm³/mol. The zero-order chi connectivity index (χ0) is 24.4. The Morgan fingerprint density at radius 1 is 1.09 bits per heavy atom. The molecule has 0 radical (unpaired) electrons. The maximum Gasteiger partial charge on any atom is 0.240 e. The zero-order valence-electron chi connectivity index (χ0n) is 20.7. The normalized spacial score (nSPS) is 14.4. The van der Waals surface area contributed by atoms with Crippen LogP contribution in [0.5, 0.6) is 0 Å². The van der Waals surface area contributed by atoms with E-state index < -0.39 is 0 Å². The minimum atomic E-state index is -0.280. The number of halogens is 1. The average Bonchev–Trinajstić information content (AvgIpc) is 3.16. The molecule has 180 valence electrons. The maximum atomic E-state index is 13.6. The molecule has 0 spiro atoms. The van der Waals surface area contributed by atoms with Crippen LogP contribution >= 0.6 is 0 Å². The van der Waals surface area contributed by atoms with Crippen LogP contribution < -0.4 is 5.32 Å². The summed E-state index contributed by atoms with van der Waals surface area (Å²) in [6.45, 7) is 8.06. The topological polar surface area (TPSA) is 53.4 Å². The summed E-state index contributed by atoms with van der Waals surface area (Å²) in [7, 11) is 3.93. The van der Waals surface area contributed by atoms with E-state index in [9.17, 15) is 9.18 Å². The molecule has 1 atom stereocenters. The molecule has 6 nitrogen and oxygen atoms in total. The van der Waals surface area contributed by atoms with E-state index in [1.54, 1.807) is 12.1 Å². The van der Waals surface area contributed by atoms with Gasteiger partial charge >= 0.3 is 0 Å². The number of imidazole rings is 1. The number of nitrogens with zero attached hydrogens (tertiary/aromatic N) is 4. The molecule has 34 heavy (non-hydrogen) atoms. The lowest BCUT2D eigenvalue weighted by atomic mass is 10.0. The third kappa shape index (κ3) is 5.14. The van der Waals surface area contributed by atoms with Gasteiger partial charge in [0.15, 0.2) is 0 Å². The Bertz CT molecular complexity index is 1140. The molecule has 0 saturated carbocycles. The highest BCUT2D eigenvalue weighted by Crippen LogP contribution is 2.33. The molecule has 0 aliphatic carbocycles. The van der Waals surface area contributed by atoms with E-state index in [-0.39, 0.29) is 17.8 Å². The number of fused-ring (bicyclic) bond motifs is 1. The first-order valence-electron chi connectivity index (χ1n) is 11.9. The summed E-state index contributed by atoms with van der Waals surface area (Å²) < 4.78 is 15.7. The number of anilines is 2. The van der Waals surface area contributed by atoms with Crippen molar-refractivity contribution in [3.63, 3.8) is 0 Å². The molecule has 1 aliphatic rings. The summed E-state index contributed by atoms with van der Waals surface area (Å²) in [6, 6.07) is 14.4. The molecule has 3 aromatic rings. The number of hydrogen-bond donors (Lipinski definition) is 1. The first-order chi connectivity index (χ1) is 16.2. The van der Waals surface area contributed by atoms with Crippen molar-refractivity contribution in [1.82, 2.24) is 19.4 Å². The number of aromatic nitrogens is 2. The number of amides is 1. The van der Waals surface area contributed by atoms with Gasteiger partial charge in [-0.15, -0.1) is 0 Å². The fourth-order valence-corrected chi connectivity index (χ4v) is 4.42. The smallest absolute Gasteiger partial charge is 0.240 e. The van der Waals surface area contributed by atoms with Crippen LogP contribution in [0.2, 0.25) is 0 Å². The fourth-order valence-electron chi connectivity index (χ4n) is 4.42. The largest absolute Gasteiger partial charge is 0.340 e. The van der Waals surface area contributed by atoms with Crippen molar-refractivity contribution in [2.24, 2.45) is 5.92 Å². The Hall–Kier alpha value is -3.19. The molecule has 0 unspecified atom stereocenters. The third-order valence-corrected chi connectivity index (χ3v) is 6.32. The summed E-state index contributed by atoms with van der Waals surface area (Å²) in [5.41, 5.74) is 3.74. The number of carbonyl (C=O) groups is 1. The van der Waals surface area contributed by atoms with Gasteiger partial charge in [-0.3, -0.25) is 9.69 Å². The quantitative estimate of drug-likeness (QED) is 0.532. The lowest BCUT2D eigenvalue weighted by Gasteiger charge is -2.34. The lowest BCUT2D eigenvalue weighted by molar-refractivity contribution is -0.138. The molecule has 1 amide bonds. The second kappa shape index (κ2) is 9.97. The highest BCUT2D eigenvalue weighted by Gasteiger charge is 2.32. The first-order valence-corrected chi connectivity index (χ1v) is 11.9. The SMILES string of the molecule is Cc1ccc(Nc2c(-c3ccc(F)cc3)nc3n2CCN(C(=O)[C@@H](CC(C)C)N(C)C)C3)cc1. The van der Waals surface area contributed by atoms with Gasteiger partial charge in [-0.1, -0.05) is 31.5 Å². The van der Waals surface area contributed by atoms with Crippen molar-refractivity contribution in [3.05, 3.63) is 65.7 Å². The standard InChI is InChI=1S/C27H34FN5O/c1-18(2)16-23(31(4)5)27(34)32-14-15-33-24(17-32)30-25(20-8-10-21(28)11-9-20)26(33)29-22-12-6-19(3)7-13-22/h6-13,18,23,29H,14-17H2,1-5H3/t23-/m1/s1. The van der Waals surface area contributed by atoms with Gasteiger partial charge in [-0.2, -0.15) is 0 Å². The molecule has 2 heterocycles. The molecule has 4 rings (SSSR count). The second-order valence-electron chi connectivity index (χ2n) is 9.74. The Labute approximate surface area is 201 Å². The van der Waals surface area contributed by atoms with Crippen LogP contribution in [-0.4, -0.2) is 51.9 Å². The monoisotopic (exact) mass is 463 g/mol. The molecule has 0 fully saturated rings. The van der Waals surface area contributed by atoms with Crippen LogP contribution in [0.25, 0.3) is 11.3 Å². The summed E-state index contributed by atoms with van der Waals surface area (Å²) >= 11 is 0. The van der Waals surface area contributed by atoms with E-state index in [0.29, 0.717) is 25.6 Å². The van der Waals surface area contributed by atoms with E-state index in [1.807, 2.05) is 36.0 Å². The van der Waals surface area contributed by atoms with Gasteiger partial charge < -0.3 is 14.8 Å². The summed E-state index contributed by atoms with van der Waals surface area (Å²) in [6.07, 6.45) is 0.817. The number of rotatable bonds is 7. The van der Waals surface area contributed by atoms with Gasteiger partial charge in [0, 0.05) is 24.3 Å². The average molecular weight is 464 g/mol. The zero-order valence-corrected chi connectivity index (χ0v) is 20.7. The number of aryl methyl sites for hydroxylation is 1. The van der Waals surface area contributed by atoms with Gasteiger partial charge in [0.2, 0.25) is 5.91 Å². The van der Waals surface area contributed by atoms with E-state index >= 15 is 0 Å². The van der Waals surface area contributed by atoms with Crippen LogP contribution in [0, 0.1) is 18.7 Å². The van der Waals surface area contributed by atoms with Crippen molar-refractivity contribution in [3.8, 4) is 11.3 Å². The molecule has 1 N–H and O–H groups in total. The molecule has 0 saturated heterocycles. The minimum absolute atomic E-state index is 0.143. The Morgan fingerprint density at radius 3 is 2.38 bits per heavy atom. The van der Waals surface area contributed by atoms with Crippen molar-refractivity contribution in [1.29, 1.82) is 0 Å². The lowest BCUT2D eigenvalue weighted by Crippen LogP contribution is -2.49. The number of carbonyl (C=O) groups excluding carboxylic acids is 1. The summed E-state index contributed by atoms with van der Waals surface area (Å²) in [4.78, 5) is 22.3. The van der Waals surface area contributed by atoms with E-state index in [0.717, 1.165) is 35.0 Å². The van der Waals surface area contributed by atoms with Gasteiger partial charge in [0.05, 0.1) is 12.6 Å². The van der Waals surface area contributed by atoms with Gasteiger partial charge in [0.25, 0.3) is 0 Å². The van der Waals surface area contributed by atoms with Crippen LogP contribution in [0.15, 0.2) is 48.5 Å². The minimum Gasteiger partial charge on any atom is -0.340 e. The van der Waals surface area contributed by atoms with Gasteiger partial charge in [0.1, 0.15) is 23.2 Å². The second-order valence-corrected chi connectivity index (χ2v) is 9.74. The van der Waals surface area contributed by atoms with Crippen molar-refractivity contribution >= 4 is 17.4 Å². The summed E-state index contributed by atoms with van der Waals surface area (Å²) in [5, 5.41) is 3.53. The van der Waals surface area contributed by atoms with Crippen molar-refractivity contribution < 1.29 is 9.18 Å². The van der Waals surface area contributed by atoms with Crippen LogP contribution in [0.4, 0.5) is 15.9 Å². The highest BCUT2D eigenvalue weighted by molar-refractivity contribution is 5.82. The maximum absolute atomic E-state index is 13.6. The van der Waals surface area contributed by atoms with Gasteiger partial charge in [-0.25, -0.2) is 9.37 Å². The van der Waals surface area contributed by atoms with Crippen LogP contribution in [0.1, 0.15) is 31.7 Å². The fraction of sp³-hybridized carbons (Fsp3) is 0.407. The molecule has 7 heteroatoms. The molecule has 1 aromatic heterocycles. The Morgan fingerprint density at radius 2 is 1.76 bits per heavy atom. The van der Waals surface area contributed by atoms with Crippen LogP contribution in [0.3, 0.4) is 0 Å². The number of likely N-dealkylation sites (N-methyl/N-ethyl adjacent to an activating group) is 1. The molecule has 2 aromatic carbocycles. The van der Waals surface area contributed by atoms with E-state index in [1.165, 1.54) is 17.7 Å². The Kier molecular flexibility index (Phi) is 7.03. The number of hydrogen-bond acceptors (Lipinski definition) is 4. The first kappa shape index (κ1) is 24.0. The third-order valence-electron chi connectivity index (χ3n) is 6.32. The van der Waals surface area contributed by atoms with E-state index in [2.05, 4.69) is 42.8 Å². The van der Waals surface area contributed by atoms with E-state index in [4.69, 9.17) is 4.98 Å². The van der Waals surface area contributed by atoms with Crippen molar-refractivity contribution in [2.45, 2.75) is 46.3 Å². The predicted octanol–water partition coefficient (Wildman–Crippen LogP) is 5.06. The number of benzene rings is 2. The summed E-state index contributed by atoms with van der Waals surface area (Å²) in [5.74, 6) is 1.99. The van der Waals surface area contributed by atoms with Gasteiger partial charge in [-0.05, 0) is 69.8 Å². The molecule has 0 bridgehead atoms. The highest BCUT2D eigenvalue weighted by atomic mass is 19.1.